The van der Waals surface area contributed by atoms with Gasteiger partial charge >= 0.3 is 6.18 Å². The maximum atomic E-state index is 12.9. The van der Waals surface area contributed by atoms with Crippen molar-refractivity contribution in [2.45, 2.75) is 25.2 Å². The number of ether oxygens (including phenoxy) is 1. The maximum Gasteiger partial charge on any atom is 0.415 e. The Balaban J connectivity index is 2.94. The Hall–Kier alpha value is -1.60. The molecule has 1 atom stereocenters. The number of hydrogen-bond donors (Lipinski definition) is 1. The highest BCUT2D eigenvalue weighted by molar-refractivity contribution is 5.86. The van der Waals surface area contributed by atoms with Crippen molar-refractivity contribution in [1.29, 1.82) is 0 Å². The number of hydrogen-bond acceptors (Lipinski definition) is 3. The summed E-state index contributed by atoms with van der Waals surface area (Å²) in [4.78, 5) is 13.2. The lowest BCUT2D eigenvalue weighted by Gasteiger charge is -2.33. The van der Waals surface area contributed by atoms with E-state index in [0.29, 0.717) is 6.92 Å². The average molecular weight is 304 g/mol. The van der Waals surface area contributed by atoms with Gasteiger partial charge in [-0.2, -0.15) is 13.2 Å². The summed E-state index contributed by atoms with van der Waals surface area (Å²) in [5.41, 5.74) is 3.01. The third-order valence-corrected chi connectivity index (χ3v) is 3.10. The number of nitrogens with zero attached hydrogens (tertiary/aromatic N) is 1. The molecule has 0 aliphatic heterocycles. The Morgan fingerprint density at radius 1 is 1.29 bits per heavy atom. The molecular formula is C14H19F3N2O2. The standard InChI is InChI=1S/C14H19F3N2O2/c1-13(18,14(15,16)17)12(20)19(8-9-21-2)10-11-6-4-3-5-7-11/h3-7H,8-10,18H2,1-2H3. The second kappa shape index (κ2) is 6.91. The van der Waals surface area contributed by atoms with Crippen molar-refractivity contribution in [3.05, 3.63) is 35.9 Å². The molecule has 1 amide bonds. The summed E-state index contributed by atoms with van der Waals surface area (Å²) in [7, 11) is 1.41. The first-order chi connectivity index (χ1) is 9.70. The van der Waals surface area contributed by atoms with Crippen molar-refractivity contribution in [3.63, 3.8) is 0 Å². The zero-order valence-corrected chi connectivity index (χ0v) is 12.0. The van der Waals surface area contributed by atoms with E-state index in [1.165, 1.54) is 7.11 Å². The van der Waals surface area contributed by atoms with E-state index in [0.717, 1.165) is 10.5 Å². The van der Waals surface area contributed by atoms with Gasteiger partial charge in [-0.15, -0.1) is 0 Å². The van der Waals surface area contributed by atoms with Gasteiger partial charge in [-0.25, -0.2) is 0 Å². The lowest BCUT2D eigenvalue weighted by Crippen LogP contribution is -2.62. The van der Waals surface area contributed by atoms with Crippen LogP contribution in [0.5, 0.6) is 0 Å². The lowest BCUT2D eigenvalue weighted by molar-refractivity contribution is -0.194. The molecule has 0 fully saturated rings. The van der Waals surface area contributed by atoms with Gasteiger partial charge < -0.3 is 15.4 Å². The molecule has 0 bridgehead atoms. The lowest BCUT2D eigenvalue weighted by atomic mass is 10.0. The smallest absolute Gasteiger partial charge is 0.383 e. The van der Waals surface area contributed by atoms with Gasteiger partial charge in [0.1, 0.15) is 0 Å². The van der Waals surface area contributed by atoms with E-state index in [9.17, 15) is 18.0 Å². The van der Waals surface area contributed by atoms with Crippen LogP contribution in [0.25, 0.3) is 0 Å². The highest BCUT2D eigenvalue weighted by Gasteiger charge is 2.55. The summed E-state index contributed by atoms with van der Waals surface area (Å²) in [5.74, 6) is -1.17. The van der Waals surface area contributed by atoms with Gasteiger partial charge in [-0.3, -0.25) is 4.79 Å². The molecule has 4 nitrogen and oxygen atoms in total. The molecule has 0 aromatic heterocycles. The zero-order valence-electron chi connectivity index (χ0n) is 12.0. The number of halogens is 3. The Morgan fingerprint density at radius 3 is 2.33 bits per heavy atom. The fourth-order valence-electron chi connectivity index (χ4n) is 1.71. The molecule has 1 aromatic carbocycles. The number of alkyl halides is 3. The fourth-order valence-corrected chi connectivity index (χ4v) is 1.71. The van der Waals surface area contributed by atoms with E-state index in [1.54, 1.807) is 30.3 Å². The van der Waals surface area contributed by atoms with Gasteiger partial charge in [0.25, 0.3) is 5.91 Å². The minimum Gasteiger partial charge on any atom is -0.383 e. The Labute approximate surface area is 121 Å². The summed E-state index contributed by atoms with van der Waals surface area (Å²) >= 11 is 0. The first-order valence-electron chi connectivity index (χ1n) is 6.38. The van der Waals surface area contributed by atoms with E-state index in [-0.39, 0.29) is 19.7 Å². The minimum absolute atomic E-state index is 0.0348. The van der Waals surface area contributed by atoms with E-state index in [4.69, 9.17) is 10.5 Å². The third kappa shape index (κ3) is 4.44. The number of methoxy groups -OCH3 is 1. The Kier molecular flexibility index (Phi) is 5.74. The highest BCUT2D eigenvalue weighted by atomic mass is 19.4. The van der Waals surface area contributed by atoms with Crippen LogP contribution in [0.15, 0.2) is 30.3 Å². The molecule has 0 heterocycles. The van der Waals surface area contributed by atoms with Gasteiger partial charge in [-0.05, 0) is 12.5 Å². The minimum atomic E-state index is -4.81. The predicted octanol–water partition coefficient (Wildman–Crippen LogP) is 1.94. The first kappa shape index (κ1) is 17.5. The molecule has 2 N–H and O–H groups in total. The van der Waals surface area contributed by atoms with Crippen LogP contribution in [-0.4, -0.2) is 42.8 Å². The van der Waals surface area contributed by atoms with E-state index in [2.05, 4.69) is 0 Å². The maximum absolute atomic E-state index is 12.9. The van der Waals surface area contributed by atoms with Gasteiger partial charge in [-0.1, -0.05) is 30.3 Å². The van der Waals surface area contributed by atoms with Crippen molar-refractivity contribution in [3.8, 4) is 0 Å². The molecule has 0 spiro atoms. The number of carbonyl (C=O) groups excluding carboxylic acids is 1. The quantitative estimate of drug-likeness (QED) is 0.874. The van der Waals surface area contributed by atoms with Crippen molar-refractivity contribution in [2.24, 2.45) is 5.73 Å². The van der Waals surface area contributed by atoms with Crippen molar-refractivity contribution in [2.75, 3.05) is 20.3 Å². The van der Waals surface area contributed by atoms with Gasteiger partial charge in [0.2, 0.25) is 0 Å². The average Bonchev–Trinajstić information content (AvgIpc) is 2.42. The van der Waals surface area contributed by atoms with Crippen molar-refractivity contribution in [1.82, 2.24) is 4.90 Å². The summed E-state index contributed by atoms with van der Waals surface area (Å²) in [5, 5.41) is 0. The van der Waals surface area contributed by atoms with Crippen LogP contribution in [0.1, 0.15) is 12.5 Å². The summed E-state index contributed by atoms with van der Waals surface area (Å²) < 4.78 is 43.5. The number of amides is 1. The van der Waals surface area contributed by atoms with E-state index >= 15 is 0 Å². The van der Waals surface area contributed by atoms with Crippen LogP contribution in [0.2, 0.25) is 0 Å². The number of nitrogens with two attached hydrogens (primary N) is 1. The van der Waals surface area contributed by atoms with Crippen molar-refractivity contribution >= 4 is 5.91 Å². The number of benzene rings is 1. The molecule has 1 rings (SSSR count). The SMILES string of the molecule is COCCN(Cc1ccccc1)C(=O)C(C)(N)C(F)(F)F. The first-order valence-corrected chi connectivity index (χ1v) is 6.38. The van der Waals surface area contributed by atoms with Crippen LogP contribution in [0, 0.1) is 0 Å². The van der Waals surface area contributed by atoms with Crippen LogP contribution in [-0.2, 0) is 16.1 Å². The van der Waals surface area contributed by atoms with Crippen LogP contribution in [0.3, 0.4) is 0 Å². The van der Waals surface area contributed by atoms with Crippen LogP contribution < -0.4 is 5.73 Å². The summed E-state index contributed by atoms with van der Waals surface area (Å²) in [6.45, 7) is 0.894. The van der Waals surface area contributed by atoms with Crippen LogP contribution in [0.4, 0.5) is 13.2 Å². The second-order valence-corrected chi connectivity index (χ2v) is 4.91. The summed E-state index contributed by atoms with van der Waals surface area (Å²) in [6.07, 6.45) is -4.81. The second-order valence-electron chi connectivity index (χ2n) is 4.91. The normalized spacial score (nSPS) is 14.6. The summed E-state index contributed by atoms with van der Waals surface area (Å²) in [6, 6.07) is 8.75. The molecule has 118 valence electrons. The number of carbonyl (C=O) groups is 1. The molecule has 0 saturated heterocycles. The third-order valence-electron chi connectivity index (χ3n) is 3.10. The molecule has 1 aromatic rings. The number of rotatable bonds is 6. The Morgan fingerprint density at radius 2 is 1.86 bits per heavy atom. The molecule has 0 radical (unpaired) electrons. The Bertz CT molecular complexity index is 461. The fraction of sp³-hybridized carbons (Fsp3) is 0.500. The van der Waals surface area contributed by atoms with Gasteiger partial charge in [0.05, 0.1) is 6.61 Å². The van der Waals surface area contributed by atoms with Crippen LogP contribution >= 0.6 is 0 Å². The van der Waals surface area contributed by atoms with Crippen molar-refractivity contribution < 1.29 is 22.7 Å². The highest BCUT2D eigenvalue weighted by Crippen LogP contribution is 2.30. The molecule has 0 aliphatic rings. The van der Waals surface area contributed by atoms with E-state index < -0.39 is 17.6 Å². The molecule has 0 aliphatic carbocycles. The monoisotopic (exact) mass is 304 g/mol. The topological polar surface area (TPSA) is 55.6 Å². The van der Waals surface area contributed by atoms with E-state index in [1.807, 2.05) is 0 Å². The largest absolute Gasteiger partial charge is 0.415 e. The van der Waals surface area contributed by atoms with Gasteiger partial charge in [0.15, 0.2) is 5.54 Å². The molecule has 7 heteroatoms. The molecule has 21 heavy (non-hydrogen) atoms. The van der Waals surface area contributed by atoms with Gasteiger partial charge in [0, 0.05) is 20.2 Å². The molecular weight excluding hydrogens is 285 g/mol. The molecule has 1 unspecified atom stereocenters. The predicted molar refractivity (Wildman–Crippen MR) is 72.4 cm³/mol. The molecule has 0 saturated carbocycles. The zero-order chi connectivity index (χ0) is 16.1.